The molecule has 1 fully saturated rings. The molecule has 0 spiro atoms. The second-order valence-electron chi connectivity index (χ2n) is 4.83. The average Bonchev–Trinajstić information content (AvgIpc) is 1.99. The zero-order valence-corrected chi connectivity index (χ0v) is 9.37. The molecule has 1 unspecified atom stereocenters. The topological polar surface area (TPSA) is 72.5 Å². The lowest BCUT2D eigenvalue weighted by atomic mass is 9.98. The molecule has 1 atom stereocenters. The summed E-state index contributed by atoms with van der Waals surface area (Å²) in [4.78, 5) is 23.5. The van der Waals surface area contributed by atoms with Crippen molar-refractivity contribution in [2.45, 2.75) is 38.8 Å². The number of carbonyl (C=O) groups excluding carboxylic acids is 2. The normalized spacial score (nSPS) is 22.6. The molecule has 1 N–H and O–H groups in total. The monoisotopic (exact) mass is 213 g/mol. The van der Waals surface area contributed by atoms with Crippen LogP contribution in [0.2, 0.25) is 0 Å². The van der Waals surface area contributed by atoms with Gasteiger partial charge in [-0.25, -0.2) is 0 Å². The van der Waals surface area contributed by atoms with Crippen molar-refractivity contribution in [3.8, 4) is 0 Å². The molecule has 1 aliphatic heterocycles. The smallest absolute Gasteiger partial charge is 0.148 e. The van der Waals surface area contributed by atoms with Gasteiger partial charge in [0.05, 0.1) is 12.6 Å². The molecule has 0 bridgehead atoms. The number of carboxylic acid groups (broad SMARTS) is 1. The van der Waals surface area contributed by atoms with Crippen LogP contribution < -0.4 is 10.4 Å². The van der Waals surface area contributed by atoms with E-state index in [-0.39, 0.29) is 18.2 Å². The van der Waals surface area contributed by atoms with Crippen molar-refractivity contribution in [2.24, 2.45) is 0 Å². The van der Waals surface area contributed by atoms with Gasteiger partial charge in [-0.1, -0.05) is 0 Å². The van der Waals surface area contributed by atoms with Gasteiger partial charge >= 0.3 is 0 Å². The molecule has 1 rings (SSSR count). The van der Waals surface area contributed by atoms with Gasteiger partial charge in [0.15, 0.2) is 0 Å². The molecule has 15 heavy (non-hydrogen) atoms. The lowest BCUT2D eigenvalue weighted by molar-refractivity contribution is -0.273. The quantitative estimate of drug-likeness (QED) is 0.629. The fourth-order valence-electron chi connectivity index (χ4n) is 1.94. The predicted octanol–water partition coefficient (Wildman–Crippen LogP) is -0.639. The average molecular weight is 213 g/mol. The van der Waals surface area contributed by atoms with Crippen LogP contribution in [0.5, 0.6) is 0 Å². The molecule has 0 saturated carbocycles. The summed E-state index contributed by atoms with van der Waals surface area (Å²) in [6.45, 7) is 6.23. The molecule has 5 nitrogen and oxygen atoms in total. The second kappa shape index (κ2) is 4.18. The molecule has 1 amide bonds. The number of amides is 1. The van der Waals surface area contributed by atoms with Gasteiger partial charge in [0.1, 0.15) is 11.9 Å². The van der Waals surface area contributed by atoms with Crippen molar-refractivity contribution in [1.29, 1.82) is 0 Å². The van der Waals surface area contributed by atoms with Crippen molar-refractivity contribution in [3.05, 3.63) is 0 Å². The third-order valence-electron chi connectivity index (χ3n) is 2.45. The van der Waals surface area contributed by atoms with E-state index in [9.17, 15) is 14.7 Å². The van der Waals surface area contributed by atoms with Gasteiger partial charge in [0.25, 0.3) is 0 Å². The summed E-state index contributed by atoms with van der Waals surface area (Å²) < 4.78 is 0. The highest BCUT2D eigenvalue weighted by Gasteiger charge is 2.32. The first-order valence-corrected chi connectivity index (χ1v) is 5.05. The summed E-state index contributed by atoms with van der Waals surface area (Å²) in [6, 6.07) is -0.309. The first-order valence-electron chi connectivity index (χ1n) is 5.05. The van der Waals surface area contributed by atoms with Crippen molar-refractivity contribution >= 4 is 11.9 Å². The van der Waals surface area contributed by atoms with E-state index in [1.165, 1.54) is 4.90 Å². The summed E-state index contributed by atoms with van der Waals surface area (Å²) in [6.07, 6.45) is -0.942. The Balaban J connectivity index is 2.80. The van der Waals surface area contributed by atoms with E-state index in [2.05, 4.69) is 5.32 Å². The molecule has 0 aromatic carbocycles. The number of hydrogen-bond acceptors (Lipinski definition) is 4. The van der Waals surface area contributed by atoms with Gasteiger partial charge in [0.2, 0.25) is 0 Å². The van der Waals surface area contributed by atoms with Crippen LogP contribution in [0.25, 0.3) is 0 Å². The summed E-state index contributed by atoms with van der Waals surface area (Å²) in [5.74, 6) is 0.0433. The van der Waals surface area contributed by atoms with E-state index in [0.29, 0.717) is 13.1 Å². The predicted molar refractivity (Wildman–Crippen MR) is 53.3 cm³/mol. The van der Waals surface area contributed by atoms with Crippen molar-refractivity contribution < 1.29 is 14.7 Å². The van der Waals surface area contributed by atoms with Crippen LogP contribution in [0.15, 0.2) is 0 Å². The molecular weight excluding hydrogens is 196 g/mol. The van der Waals surface area contributed by atoms with E-state index in [0.717, 1.165) is 0 Å². The minimum Gasteiger partial charge on any atom is -0.530 e. The Morgan fingerprint density at radius 1 is 1.53 bits per heavy atom. The maximum absolute atomic E-state index is 11.2. The summed E-state index contributed by atoms with van der Waals surface area (Å²) in [5, 5.41) is 13.9. The molecular formula is C10H17N2O3-. The van der Waals surface area contributed by atoms with Crippen LogP contribution in [0.4, 0.5) is 4.79 Å². The van der Waals surface area contributed by atoms with Crippen LogP contribution in [-0.2, 0) is 4.79 Å². The number of carbonyl (C=O) groups is 2. The summed E-state index contributed by atoms with van der Waals surface area (Å²) in [5.41, 5.74) is -0.539. The van der Waals surface area contributed by atoms with Gasteiger partial charge in [-0.2, -0.15) is 0 Å². The van der Waals surface area contributed by atoms with Crippen LogP contribution >= 0.6 is 0 Å². The third-order valence-corrected chi connectivity index (χ3v) is 2.45. The number of hydrogen-bond donors (Lipinski definition) is 1. The zero-order chi connectivity index (χ0) is 11.6. The Morgan fingerprint density at radius 2 is 2.13 bits per heavy atom. The number of nitrogens with zero attached hydrogens (tertiary/aromatic N) is 1. The molecule has 0 aromatic rings. The highest BCUT2D eigenvalue weighted by atomic mass is 16.4. The summed E-state index contributed by atoms with van der Waals surface area (Å²) >= 11 is 0. The molecule has 1 heterocycles. The fraction of sp³-hybridized carbons (Fsp3) is 0.800. The van der Waals surface area contributed by atoms with Gasteiger partial charge in [0, 0.05) is 18.5 Å². The number of piperidine rings is 1. The summed E-state index contributed by atoms with van der Waals surface area (Å²) in [7, 11) is 0. The lowest BCUT2D eigenvalue weighted by Gasteiger charge is -2.44. The maximum Gasteiger partial charge on any atom is 0.148 e. The molecule has 5 heteroatoms. The fourth-order valence-corrected chi connectivity index (χ4v) is 1.94. The van der Waals surface area contributed by atoms with Crippen molar-refractivity contribution in [2.75, 3.05) is 13.1 Å². The standard InChI is InChI=1S/C10H18N2O3/c1-10(2,3)12(9(14)15)7-4-8(13)6-11-5-7/h7,11H,4-6H2,1-3H3,(H,14,15)/p-1. The number of ketones is 1. The molecule has 1 aliphatic rings. The van der Waals surface area contributed by atoms with Crippen LogP contribution in [-0.4, -0.2) is 41.4 Å². The van der Waals surface area contributed by atoms with Gasteiger partial charge in [-0.3, -0.25) is 4.79 Å². The Morgan fingerprint density at radius 3 is 2.53 bits per heavy atom. The van der Waals surface area contributed by atoms with E-state index in [1.54, 1.807) is 20.8 Å². The minimum absolute atomic E-state index is 0.0433. The molecule has 0 aromatic heterocycles. The van der Waals surface area contributed by atoms with Crippen molar-refractivity contribution in [3.63, 3.8) is 0 Å². The first-order chi connectivity index (χ1) is 6.82. The molecule has 0 radical (unpaired) electrons. The Kier molecular flexibility index (Phi) is 3.34. The molecule has 86 valence electrons. The van der Waals surface area contributed by atoms with Gasteiger partial charge < -0.3 is 20.1 Å². The van der Waals surface area contributed by atoms with Crippen molar-refractivity contribution in [1.82, 2.24) is 10.2 Å². The SMILES string of the molecule is CC(C)(C)N(C(=O)[O-])C1CNCC(=O)C1. The van der Waals surface area contributed by atoms with E-state index in [4.69, 9.17) is 0 Å². The van der Waals surface area contributed by atoms with Crippen LogP contribution in [0.1, 0.15) is 27.2 Å². The highest BCUT2D eigenvalue weighted by molar-refractivity contribution is 5.82. The highest BCUT2D eigenvalue weighted by Crippen LogP contribution is 2.19. The lowest BCUT2D eigenvalue weighted by Crippen LogP contribution is -2.61. The first kappa shape index (κ1) is 12.0. The van der Waals surface area contributed by atoms with Crippen LogP contribution in [0.3, 0.4) is 0 Å². The Labute approximate surface area is 89.4 Å². The Hall–Kier alpha value is -1.10. The molecule has 0 aliphatic carbocycles. The zero-order valence-electron chi connectivity index (χ0n) is 9.37. The minimum atomic E-state index is -1.22. The number of rotatable bonds is 1. The van der Waals surface area contributed by atoms with E-state index in [1.807, 2.05) is 0 Å². The van der Waals surface area contributed by atoms with E-state index < -0.39 is 11.6 Å². The Bertz CT molecular complexity index is 270. The van der Waals surface area contributed by atoms with Gasteiger partial charge in [-0.15, -0.1) is 0 Å². The largest absolute Gasteiger partial charge is 0.530 e. The number of Topliss-reactive ketones (excluding diaryl/α,β-unsaturated/α-hetero) is 1. The molecule has 1 saturated heterocycles. The van der Waals surface area contributed by atoms with Gasteiger partial charge in [-0.05, 0) is 20.8 Å². The maximum atomic E-state index is 11.2. The number of nitrogens with one attached hydrogen (secondary N) is 1. The van der Waals surface area contributed by atoms with E-state index >= 15 is 0 Å². The second-order valence-corrected chi connectivity index (χ2v) is 4.83. The third kappa shape index (κ3) is 2.92. The van der Waals surface area contributed by atoms with Crippen LogP contribution in [0, 0.1) is 0 Å².